The lowest BCUT2D eigenvalue weighted by Gasteiger charge is -2.05. The Balaban J connectivity index is 1.68. The minimum Gasteiger partial charge on any atom is -0.378 e. The zero-order valence-corrected chi connectivity index (χ0v) is 11.8. The van der Waals surface area contributed by atoms with Crippen LogP contribution in [0.2, 0.25) is 0 Å². The third kappa shape index (κ3) is 2.89. The minimum absolute atomic E-state index is 0.0678. The lowest BCUT2D eigenvalue weighted by Crippen LogP contribution is -2.23. The second-order valence-electron chi connectivity index (χ2n) is 4.81. The molecular formula is C15H17N5O. The van der Waals surface area contributed by atoms with Gasteiger partial charge in [-0.25, -0.2) is 0 Å². The number of amides is 1. The van der Waals surface area contributed by atoms with E-state index in [1.165, 1.54) is 10.9 Å². The number of hydrogen-bond donors (Lipinski definition) is 3. The number of likely N-dealkylation sites (N-methyl/N-ethyl adjacent to an activating group) is 1. The molecule has 1 amide bonds. The van der Waals surface area contributed by atoms with Gasteiger partial charge in [0.05, 0.1) is 11.9 Å². The molecule has 0 fully saturated rings. The third-order valence-corrected chi connectivity index (χ3v) is 3.39. The molecule has 3 rings (SSSR count). The Bertz CT molecular complexity index is 758. The third-order valence-electron chi connectivity index (χ3n) is 3.39. The van der Waals surface area contributed by atoms with E-state index >= 15 is 0 Å². The van der Waals surface area contributed by atoms with Gasteiger partial charge < -0.3 is 15.6 Å². The van der Waals surface area contributed by atoms with Crippen molar-refractivity contribution < 1.29 is 4.79 Å². The number of nitrogens with one attached hydrogen (secondary N) is 3. The van der Waals surface area contributed by atoms with Crippen LogP contribution in [-0.2, 0) is 17.9 Å². The van der Waals surface area contributed by atoms with Gasteiger partial charge in [0.15, 0.2) is 0 Å². The number of benzene rings is 1. The fourth-order valence-corrected chi connectivity index (χ4v) is 2.27. The maximum atomic E-state index is 11.3. The van der Waals surface area contributed by atoms with Crippen LogP contribution in [-0.4, -0.2) is 27.7 Å². The first-order valence-electron chi connectivity index (χ1n) is 6.78. The van der Waals surface area contributed by atoms with E-state index in [4.69, 9.17) is 0 Å². The van der Waals surface area contributed by atoms with Gasteiger partial charge in [-0.1, -0.05) is 12.1 Å². The van der Waals surface area contributed by atoms with E-state index in [1.54, 1.807) is 17.9 Å². The van der Waals surface area contributed by atoms with E-state index < -0.39 is 0 Å². The summed E-state index contributed by atoms with van der Waals surface area (Å²) in [5.74, 6) is -0.0678. The Morgan fingerprint density at radius 1 is 1.38 bits per heavy atom. The highest BCUT2D eigenvalue weighted by molar-refractivity contribution is 5.83. The van der Waals surface area contributed by atoms with Crippen molar-refractivity contribution in [1.29, 1.82) is 0 Å². The molecule has 0 saturated carbocycles. The lowest BCUT2D eigenvalue weighted by atomic mass is 10.1. The first kappa shape index (κ1) is 13.2. The van der Waals surface area contributed by atoms with Crippen molar-refractivity contribution >= 4 is 22.5 Å². The first-order valence-corrected chi connectivity index (χ1v) is 6.78. The smallest absolute Gasteiger partial charge is 0.241 e. The van der Waals surface area contributed by atoms with Gasteiger partial charge in [-0.05, 0) is 17.7 Å². The van der Waals surface area contributed by atoms with E-state index in [2.05, 4.69) is 38.9 Å². The highest BCUT2D eigenvalue weighted by atomic mass is 16.1. The van der Waals surface area contributed by atoms with Crippen LogP contribution < -0.4 is 10.6 Å². The number of nitrogens with zero attached hydrogens (tertiary/aromatic N) is 2. The normalized spacial score (nSPS) is 10.7. The van der Waals surface area contributed by atoms with Gasteiger partial charge in [-0.15, -0.1) is 0 Å². The summed E-state index contributed by atoms with van der Waals surface area (Å²) in [5, 5.41) is 11.3. The van der Waals surface area contributed by atoms with E-state index in [-0.39, 0.29) is 12.5 Å². The lowest BCUT2D eigenvalue weighted by molar-refractivity contribution is -0.121. The van der Waals surface area contributed by atoms with Gasteiger partial charge in [0.1, 0.15) is 6.54 Å². The number of carbonyl (C=O) groups is 1. The number of aromatic amines is 1. The van der Waals surface area contributed by atoms with Crippen LogP contribution in [0.25, 0.3) is 10.9 Å². The number of aromatic nitrogens is 3. The number of H-pyrrole nitrogens is 1. The van der Waals surface area contributed by atoms with Crippen LogP contribution in [0.3, 0.4) is 0 Å². The topological polar surface area (TPSA) is 74.7 Å². The van der Waals surface area contributed by atoms with Crippen molar-refractivity contribution in [1.82, 2.24) is 20.1 Å². The van der Waals surface area contributed by atoms with Crippen molar-refractivity contribution in [2.45, 2.75) is 13.1 Å². The molecule has 0 atom stereocenters. The molecule has 0 bridgehead atoms. The quantitative estimate of drug-likeness (QED) is 0.667. The van der Waals surface area contributed by atoms with Crippen LogP contribution in [0.5, 0.6) is 0 Å². The van der Waals surface area contributed by atoms with Gasteiger partial charge in [0, 0.05) is 36.9 Å². The average molecular weight is 283 g/mol. The number of anilines is 1. The molecule has 6 nitrogen and oxygen atoms in total. The van der Waals surface area contributed by atoms with Gasteiger partial charge in [-0.2, -0.15) is 5.10 Å². The zero-order valence-electron chi connectivity index (χ0n) is 11.8. The van der Waals surface area contributed by atoms with E-state index in [1.807, 2.05) is 18.5 Å². The SMILES string of the molecule is CNC(=O)Cn1cc(NCc2cccc3[nH]ccc23)cn1. The monoisotopic (exact) mass is 283 g/mol. The summed E-state index contributed by atoms with van der Waals surface area (Å²) in [7, 11) is 1.61. The van der Waals surface area contributed by atoms with Crippen LogP contribution >= 0.6 is 0 Å². The number of fused-ring (bicyclic) bond motifs is 1. The maximum absolute atomic E-state index is 11.3. The molecule has 2 aromatic heterocycles. The highest BCUT2D eigenvalue weighted by Crippen LogP contribution is 2.18. The Kier molecular flexibility index (Phi) is 3.59. The fourth-order valence-electron chi connectivity index (χ4n) is 2.27. The van der Waals surface area contributed by atoms with Crippen LogP contribution in [0.4, 0.5) is 5.69 Å². The van der Waals surface area contributed by atoms with Gasteiger partial charge in [-0.3, -0.25) is 9.48 Å². The molecule has 0 aliphatic carbocycles. The molecule has 1 aromatic carbocycles. The second kappa shape index (κ2) is 5.70. The van der Waals surface area contributed by atoms with Crippen molar-refractivity contribution in [2.24, 2.45) is 0 Å². The van der Waals surface area contributed by atoms with Crippen molar-refractivity contribution in [2.75, 3.05) is 12.4 Å². The Morgan fingerprint density at radius 2 is 2.29 bits per heavy atom. The summed E-state index contributed by atoms with van der Waals surface area (Å²) in [6.07, 6.45) is 5.49. The molecule has 2 heterocycles. The second-order valence-corrected chi connectivity index (χ2v) is 4.81. The summed E-state index contributed by atoms with van der Waals surface area (Å²) in [6.45, 7) is 0.937. The molecule has 0 radical (unpaired) electrons. The summed E-state index contributed by atoms with van der Waals surface area (Å²) in [6, 6.07) is 8.25. The van der Waals surface area contributed by atoms with Gasteiger partial charge in [0.25, 0.3) is 0 Å². The largest absolute Gasteiger partial charge is 0.378 e. The van der Waals surface area contributed by atoms with E-state index in [9.17, 15) is 4.79 Å². The summed E-state index contributed by atoms with van der Waals surface area (Å²) < 4.78 is 1.61. The number of rotatable bonds is 5. The molecule has 0 aliphatic heterocycles. The maximum Gasteiger partial charge on any atom is 0.241 e. The standard InChI is InChI=1S/C15H17N5O/c1-16-15(21)10-20-9-12(8-19-20)18-7-11-3-2-4-14-13(11)5-6-17-14/h2-6,8-9,17-18H,7,10H2,1H3,(H,16,21). The van der Waals surface area contributed by atoms with Crippen molar-refractivity contribution in [3.8, 4) is 0 Å². The number of carbonyl (C=O) groups excluding carboxylic acids is 1. The summed E-state index contributed by atoms with van der Waals surface area (Å²) in [5.41, 5.74) is 3.24. The van der Waals surface area contributed by atoms with E-state index in [0.29, 0.717) is 6.54 Å². The summed E-state index contributed by atoms with van der Waals surface area (Å²) in [4.78, 5) is 14.5. The number of hydrogen-bond acceptors (Lipinski definition) is 3. The Labute approximate surface area is 122 Å². The molecule has 108 valence electrons. The van der Waals surface area contributed by atoms with Gasteiger partial charge >= 0.3 is 0 Å². The summed E-state index contributed by atoms with van der Waals surface area (Å²) >= 11 is 0. The van der Waals surface area contributed by atoms with Crippen LogP contribution in [0.1, 0.15) is 5.56 Å². The van der Waals surface area contributed by atoms with Crippen molar-refractivity contribution in [3.63, 3.8) is 0 Å². The predicted molar refractivity (Wildman–Crippen MR) is 81.9 cm³/mol. The first-order chi connectivity index (χ1) is 10.3. The van der Waals surface area contributed by atoms with Gasteiger partial charge in [0.2, 0.25) is 5.91 Å². The molecule has 6 heteroatoms. The Morgan fingerprint density at radius 3 is 3.14 bits per heavy atom. The minimum atomic E-state index is -0.0678. The van der Waals surface area contributed by atoms with E-state index in [0.717, 1.165) is 11.2 Å². The molecule has 3 N–H and O–H groups in total. The molecular weight excluding hydrogens is 266 g/mol. The molecule has 0 aliphatic rings. The molecule has 21 heavy (non-hydrogen) atoms. The fraction of sp³-hybridized carbons (Fsp3) is 0.200. The van der Waals surface area contributed by atoms with Crippen LogP contribution in [0, 0.1) is 0 Å². The van der Waals surface area contributed by atoms with Crippen LogP contribution in [0.15, 0.2) is 42.9 Å². The molecule has 3 aromatic rings. The molecule has 0 saturated heterocycles. The Hall–Kier alpha value is -2.76. The average Bonchev–Trinajstić information content (AvgIpc) is 3.13. The molecule has 0 unspecified atom stereocenters. The van der Waals surface area contributed by atoms with Crippen molar-refractivity contribution in [3.05, 3.63) is 48.4 Å². The molecule has 0 spiro atoms. The zero-order chi connectivity index (χ0) is 14.7. The predicted octanol–water partition coefficient (Wildman–Crippen LogP) is 1.72. The highest BCUT2D eigenvalue weighted by Gasteiger charge is 2.04.